The van der Waals surface area contributed by atoms with E-state index in [1.807, 2.05) is 13.8 Å². The van der Waals surface area contributed by atoms with E-state index < -0.39 is 19.8 Å². The van der Waals surface area contributed by atoms with Gasteiger partial charge in [-0.25, -0.2) is 0 Å². The summed E-state index contributed by atoms with van der Waals surface area (Å²) in [6.07, 6.45) is -0.493. The van der Waals surface area contributed by atoms with Gasteiger partial charge >= 0.3 is 0 Å². The Morgan fingerprint density at radius 3 is 2.23 bits per heavy atom. The second-order valence-electron chi connectivity index (χ2n) is 4.87. The maximum absolute atomic E-state index is 9.71. The van der Waals surface area contributed by atoms with Crippen molar-refractivity contribution in [3.63, 3.8) is 0 Å². The first kappa shape index (κ1) is 10.8. The van der Waals surface area contributed by atoms with Crippen LogP contribution in [0.2, 0.25) is 19.6 Å². The first-order valence-electron chi connectivity index (χ1n) is 4.64. The zero-order valence-corrected chi connectivity index (χ0v) is 10.0. The lowest BCUT2D eigenvalue weighted by atomic mass is 10.0. The summed E-state index contributed by atoms with van der Waals surface area (Å²) in [6, 6.07) is 0. The standard InChI is InChI=1S/C10H18O2Si/c1-8-10(2,12-8)9(11)6-7-13(3,4)5/h8-9,11H,1-5H3/t8-,9?,10+/m1/s1. The van der Waals surface area contributed by atoms with Crippen LogP contribution < -0.4 is 0 Å². The van der Waals surface area contributed by atoms with Crippen LogP contribution in [0.5, 0.6) is 0 Å². The third kappa shape index (κ3) is 2.57. The zero-order valence-electron chi connectivity index (χ0n) is 9.01. The number of aliphatic hydroxyl groups excluding tert-OH is 1. The molecule has 0 bridgehead atoms. The quantitative estimate of drug-likeness (QED) is 0.392. The fourth-order valence-corrected chi connectivity index (χ4v) is 1.63. The van der Waals surface area contributed by atoms with Gasteiger partial charge in [-0.05, 0) is 13.8 Å². The van der Waals surface area contributed by atoms with Crippen LogP contribution in [0.3, 0.4) is 0 Å². The van der Waals surface area contributed by atoms with Crippen molar-refractivity contribution < 1.29 is 9.84 Å². The van der Waals surface area contributed by atoms with E-state index in [1.165, 1.54) is 0 Å². The molecule has 1 unspecified atom stereocenters. The molecule has 0 spiro atoms. The third-order valence-corrected chi connectivity index (χ3v) is 3.20. The minimum absolute atomic E-state index is 0.137. The van der Waals surface area contributed by atoms with Crippen molar-refractivity contribution in [1.82, 2.24) is 0 Å². The van der Waals surface area contributed by atoms with Gasteiger partial charge in [0.1, 0.15) is 19.8 Å². The number of ether oxygens (including phenoxy) is 1. The van der Waals surface area contributed by atoms with Gasteiger partial charge in [-0.3, -0.25) is 0 Å². The largest absolute Gasteiger partial charge is 0.377 e. The number of aliphatic hydroxyl groups is 1. The lowest BCUT2D eigenvalue weighted by Gasteiger charge is -2.10. The van der Waals surface area contributed by atoms with E-state index >= 15 is 0 Å². The molecule has 0 radical (unpaired) electrons. The molecule has 13 heavy (non-hydrogen) atoms. The van der Waals surface area contributed by atoms with Crippen LogP contribution in [0, 0.1) is 11.5 Å². The van der Waals surface area contributed by atoms with E-state index in [0.29, 0.717) is 0 Å². The van der Waals surface area contributed by atoms with Gasteiger partial charge in [-0.15, -0.1) is 5.54 Å². The predicted molar refractivity (Wildman–Crippen MR) is 56.1 cm³/mol. The highest BCUT2D eigenvalue weighted by Crippen LogP contribution is 2.38. The highest BCUT2D eigenvalue weighted by molar-refractivity contribution is 6.83. The molecule has 1 saturated heterocycles. The average molecular weight is 198 g/mol. The molecular weight excluding hydrogens is 180 g/mol. The summed E-state index contributed by atoms with van der Waals surface area (Å²) < 4.78 is 5.29. The molecule has 0 aromatic heterocycles. The number of hydrogen-bond donors (Lipinski definition) is 1. The second-order valence-corrected chi connectivity index (χ2v) is 9.62. The Morgan fingerprint density at radius 2 is 1.92 bits per heavy atom. The van der Waals surface area contributed by atoms with Crippen LogP contribution in [0.4, 0.5) is 0 Å². The predicted octanol–water partition coefficient (Wildman–Crippen LogP) is 1.41. The first-order chi connectivity index (χ1) is 5.76. The molecule has 1 rings (SSSR count). The summed E-state index contributed by atoms with van der Waals surface area (Å²) in [7, 11) is -1.37. The van der Waals surface area contributed by atoms with Gasteiger partial charge in [0.25, 0.3) is 0 Å². The molecule has 74 valence electrons. The lowest BCUT2D eigenvalue weighted by Crippen LogP contribution is -2.28. The highest BCUT2D eigenvalue weighted by atomic mass is 28.3. The second kappa shape index (κ2) is 3.12. The molecule has 0 saturated carbocycles. The minimum atomic E-state index is -1.37. The summed E-state index contributed by atoms with van der Waals surface area (Å²) in [5, 5.41) is 9.71. The van der Waals surface area contributed by atoms with Gasteiger partial charge in [-0.2, -0.15) is 0 Å². The Labute approximate surface area is 81.3 Å². The maximum atomic E-state index is 9.71. The Balaban J connectivity index is 2.59. The fourth-order valence-electron chi connectivity index (χ4n) is 1.06. The van der Waals surface area contributed by atoms with Crippen molar-refractivity contribution in [3.8, 4) is 11.5 Å². The zero-order chi connectivity index (χ0) is 10.3. The fraction of sp³-hybridized carbons (Fsp3) is 0.800. The van der Waals surface area contributed by atoms with E-state index in [9.17, 15) is 5.11 Å². The van der Waals surface area contributed by atoms with Crippen molar-refractivity contribution in [2.24, 2.45) is 0 Å². The van der Waals surface area contributed by atoms with E-state index in [0.717, 1.165) is 0 Å². The molecule has 1 N–H and O–H groups in total. The van der Waals surface area contributed by atoms with Gasteiger partial charge in [0.2, 0.25) is 0 Å². The van der Waals surface area contributed by atoms with E-state index in [2.05, 4.69) is 31.1 Å². The molecular formula is C10H18O2Si. The highest BCUT2D eigenvalue weighted by Gasteiger charge is 2.54. The number of epoxide rings is 1. The molecule has 0 aromatic rings. The summed E-state index contributed by atoms with van der Waals surface area (Å²) in [5.41, 5.74) is 2.74. The molecule has 1 aliphatic rings. The van der Waals surface area contributed by atoms with E-state index in [1.54, 1.807) is 0 Å². The van der Waals surface area contributed by atoms with E-state index in [-0.39, 0.29) is 6.10 Å². The topological polar surface area (TPSA) is 32.8 Å². The lowest BCUT2D eigenvalue weighted by molar-refractivity contribution is 0.131. The van der Waals surface area contributed by atoms with Crippen LogP contribution in [-0.4, -0.2) is 31.0 Å². The summed E-state index contributed by atoms with van der Waals surface area (Å²) in [5.74, 6) is 2.90. The summed E-state index contributed by atoms with van der Waals surface area (Å²) in [6.45, 7) is 10.3. The molecule has 0 aliphatic carbocycles. The van der Waals surface area contributed by atoms with Crippen molar-refractivity contribution in [1.29, 1.82) is 0 Å². The summed E-state index contributed by atoms with van der Waals surface area (Å²) >= 11 is 0. The van der Waals surface area contributed by atoms with Gasteiger partial charge in [0.05, 0.1) is 6.10 Å². The van der Waals surface area contributed by atoms with Crippen molar-refractivity contribution in [2.75, 3.05) is 0 Å². The van der Waals surface area contributed by atoms with Crippen LogP contribution in [0.15, 0.2) is 0 Å². The third-order valence-electron chi connectivity index (χ3n) is 2.31. The Bertz CT molecular complexity index is 258. The molecule has 1 fully saturated rings. The van der Waals surface area contributed by atoms with Crippen LogP contribution >= 0.6 is 0 Å². The monoisotopic (exact) mass is 198 g/mol. The molecule has 0 aromatic carbocycles. The average Bonchev–Trinajstić information content (AvgIpc) is 2.55. The Morgan fingerprint density at radius 1 is 1.46 bits per heavy atom. The Hall–Kier alpha value is -0.303. The van der Waals surface area contributed by atoms with Gasteiger partial charge in [0.15, 0.2) is 0 Å². The van der Waals surface area contributed by atoms with Crippen molar-refractivity contribution in [3.05, 3.63) is 0 Å². The molecule has 1 aliphatic heterocycles. The minimum Gasteiger partial charge on any atom is -0.377 e. The van der Waals surface area contributed by atoms with Gasteiger partial charge in [0, 0.05) is 0 Å². The van der Waals surface area contributed by atoms with Crippen LogP contribution in [0.1, 0.15) is 13.8 Å². The SMILES string of the molecule is C[C@H]1O[C@]1(C)C(O)C#C[Si](C)(C)C. The first-order valence-corrected chi connectivity index (χ1v) is 8.14. The van der Waals surface area contributed by atoms with Gasteiger partial charge < -0.3 is 9.84 Å². The molecule has 2 nitrogen and oxygen atoms in total. The smallest absolute Gasteiger partial charge is 0.145 e. The molecule has 3 atom stereocenters. The van der Waals surface area contributed by atoms with E-state index in [4.69, 9.17) is 4.74 Å². The number of rotatable bonds is 1. The molecule has 0 amide bonds. The normalized spacial score (nSPS) is 34.8. The number of hydrogen-bond acceptors (Lipinski definition) is 2. The summed E-state index contributed by atoms with van der Waals surface area (Å²) in [4.78, 5) is 0. The molecule has 1 heterocycles. The van der Waals surface area contributed by atoms with Gasteiger partial charge in [-0.1, -0.05) is 25.6 Å². The maximum Gasteiger partial charge on any atom is 0.145 e. The van der Waals surface area contributed by atoms with Crippen molar-refractivity contribution >= 4 is 8.07 Å². The molecule has 3 heteroatoms. The van der Waals surface area contributed by atoms with Crippen molar-refractivity contribution in [2.45, 2.75) is 51.3 Å². The van der Waals surface area contributed by atoms with Crippen LogP contribution in [-0.2, 0) is 4.74 Å². The Kier molecular flexibility index (Phi) is 2.59. The van der Waals surface area contributed by atoms with Crippen LogP contribution in [0.25, 0.3) is 0 Å².